The van der Waals surface area contributed by atoms with Gasteiger partial charge in [0.25, 0.3) is 0 Å². The SMILES string of the molecule is C=CC(=O)N1C[C@H](C)N(c2nc(=O)n3c4nc(c(Cl)cc24)-c2c(F)ccc(F)c2OCCOC2C=CN=C(C(C)C)C23)C[C@H]1C. The first-order valence-corrected chi connectivity index (χ1v) is 15.2. The van der Waals surface area contributed by atoms with E-state index in [0.717, 1.165) is 12.1 Å². The number of aromatic nitrogens is 3. The van der Waals surface area contributed by atoms with Crippen LogP contribution in [0.2, 0.25) is 5.02 Å². The van der Waals surface area contributed by atoms with E-state index in [1.54, 1.807) is 23.2 Å². The van der Waals surface area contributed by atoms with E-state index in [1.165, 1.54) is 10.6 Å². The van der Waals surface area contributed by atoms with Crippen molar-refractivity contribution < 1.29 is 23.0 Å². The summed E-state index contributed by atoms with van der Waals surface area (Å²) in [7, 11) is 0. The molecule has 10 nitrogen and oxygen atoms in total. The molecule has 3 aromatic rings. The fraction of sp³-hybridized carbons (Fsp3) is 0.406. The van der Waals surface area contributed by atoms with Gasteiger partial charge in [-0.1, -0.05) is 32.0 Å². The number of piperazine rings is 1. The van der Waals surface area contributed by atoms with Crippen LogP contribution in [0.15, 0.2) is 52.9 Å². The molecule has 0 aliphatic carbocycles. The number of hydrogen-bond donors (Lipinski definition) is 0. The van der Waals surface area contributed by atoms with Crippen molar-refractivity contribution >= 4 is 40.1 Å². The Hall–Kier alpha value is -4.16. The van der Waals surface area contributed by atoms with Crippen LogP contribution in [0.5, 0.6) is 5.75 Å². The maximum absolute atomic E-state index is 15.5. The molecule has 0 radical (unpaired) electrons. The highest BCUT2D eigenvalue weighted by molar-refractivity contribution is 6.34. The first-order chi connectivity index (χ1) is 21.5. The zero-order valence-corrected chi connectivity index (χ0v) is 26.1. The molecule has 1 saturated heterocycles. The van der Waals surface area contributed by atoms with Gasteiger partial charge in [0.05, 0.1) is 28.3 Å². The molecule has 3 aliphatic rings. The van der Waals surface area contributed by atoms with E-state index in [0.29, 0.717) is 30.0 Å². The summed E-state index contributed by atoms with van der Waals surface area (Å²) in [5.41, 5.74) is -0.176. The van der Waals surface area contributed by atoms with Gasteiger partial charge >= 0.3 is 5.69 Å². The molecule has 1 aromatic carbocycles. The molecule has 5 heterocycles. The molecule has 0 saturated carbocycles. The van der Waals surface area contributed by atoms with E-state index >= 15 is 8.78 Å². The Morgan fingerprint density at radius 1 is 1.13 bits per heavy atom. The lowest BCUT2D eigenvalue weighted by atomic mass is 9.93. The number of rotatable bonds is 3. The zero-order valence-electron chi connectivity index (χ0n) is 25.3. The molecule has 45 heavy (non-hydrogen) atoms. The van der Waals surface area contributed by atoms with Crippen molar-refractivity contribution in [2.75, 3.05) is 31.2 Å². The standard InChI is InChI=1S/C32H33ClF2N6O4/c1-6-24(42)39-14-18(5)40(15-17(39)4)30-19-13-20(33)27-25-21(34)7-8-22(35)29(25)45-12-11-44-23-9-10-36-26(16(2)3)28(23)41(31(19)37-27)32(43)38-30/h6-10,13,16-18,23,28H,1,11-12,14-15H2,2-5H3/t17-,18+,23?,28?/m1/s1. The number of nitrogens with zero attached hydrogens (tertiary/aromatic N) is 6. The van der Waals surface area contributed by atoms with E-state index in [-0.39, 0.29) is 64.8 Å². The summed E-state index contributed by atoms with van der Waals surface area (Å²) in [4.78, 5) is 44.4. The fourth-order valence-electron chi connectivity index (χ4n) is 6.32. The Morgan fingerprint density at radius 3 is 2.62 bits per heavy atom. The summed E-state index contributed by atoms with van der Waals surface area (Å²) in [6.45, 7) is 12.0. The molecule has 2 unspecified atom stereocenters. The second-order valence-electron chi connectivity index (χ2n) is 11.7. The van der Waals surface area contributed by atoms with Crippen molar-refractivity contribution in [3.8, 4) is 17.0 Å². The van der Waals surface area contributed by atoms with Crippen molar-refractivity contribution in [3.63, 3.8) is 0 Å². The molecule has 1 fully saturated rings. The predicted octanol–water partition coefficient (Wildman–Crippen LogP) is 4.94. The molecular formula is C32H33ClF2N6O4. The minimum atomic E-state index is -0.798. The van der Waals surface area contributed by atoms with Crippen LogP contribution in [-0.4, -0.2) is 75.5 Å². The number of amides is 1. The fourth-order valence-corrected chi connectivity index (χ4v) is 6.56. The Kier molecular flexibility index (Phi) is 8.21. The summed E-state index contributed by atoms with van der Waals surface area (Å²) < 4.78 is 43.9. The van der Waals surface area contributed by atoms with Gasteiger partial charge in [-0.05, 0) is 50.1 Å². The number of carbonyl (C=O) groups excluding carboxylic acids is 1. The van der Waals surface area contributed by atoms with Crippen molar-refractivity contribution in [2.45, 2.75) is 51.9 Å². The number of benzene rings is 1. The van der Waals surface area contributed by atoms with Crippen LogP contribution in [0.1, 0.15) is 33.7 Å². The number of anilines is 1. The summed E-state index contributed by atoms with van der Waals surface area (Å²) >= 11 is 6.83. The summed E-state index contributed by atoms with van der Waals surface area (Å²) in [5, 5.41) is 0.427. The highest BCUT2D eigenvalue weighted by Gasteiger charge is 2.38. The van der Waals surface area contributed by atoms with Crippen LogP contribution in [0.25, 0.3) is 22.3 Å². The largest absolute Gasteiger partial charge is 0.487 e. The van der Waals surface area contributed by atoms with Gasteiger partial charge in [0.15, 0.2) is 11.6 Å². The molecule has 1 amide bonds. The van der Waals surface area contributed by atoms with Gasteiger partial charge in [-0.25, -0.2) is 18.6 Å². The van der Waals surface area contributed by atoms with Crippen LogP contribution < -0.4 is 15.3 Å². The Morgan fingerprint density at radius 2 is 1.89 bits per heavy atom. The van der Waals surface area contributed by atoms with Crippen molar-refractivity contribution in [3.05, 3.63) is 70.3 Å². The van der Waals surface area contributed by atoms with E-state index in [2.05, 4.69) is 16.6 Å². The monoisotopic (exact) mass is 638 g/mol. The van der Waals surface area contributed by atoms with Crippen molar-refractivity contribution in [2.24, 2.45) is 10.9 Å². The second kappa shape index (κ2) is 12.0. The van der Waals surface area contributed by atoms with Crippen LogP contribution in [0, 0.1) is 17.6 Å². The van der Waals surface area contributed by atoms with Gasteiger partial charge in [-0.3, -0.25) is 14.4 Å². The molecule has 3 aliphatic heterocycles. The maximum Gasteiger partial charge on any atom is 0.351 e. The lowest BCUT2D eigenvalue weighted by molar-refractivity contribution is -0.128. The lowest BCUT2D eigenvalue weighted by Crippen LogP contribution is -2.58. The van der Waals surface area contributed by atoms with Crippen LogP contribution in [-0.2, 0) is 9.53 Å². The minimum absolute atomic E-state index is 0.00782. The Bertz CT molecular complexity index is 1830. The number of halogens is 3. The number of fused-ring (bicyclic) bond motifs is 5. The van der Waals surface area contributed by atoms with Gasteiger partial charge in [-0.2, -0.15) is 4.98 Å². The topological polar surface area (TPSA) is 102 Å². The van der Waals surface area contributed by atoms with Crippen molar-refractivity contribution in [1.82, 2.24) is 19.4 Å². The van der Waals surface area contributed by atoms with Crippen LogP contribution >= 0.6 is 11.6 Å². The quantitative estimate of drug-likeness (QED) is 0.375. The van der Waals surface area contributed by atoms with Crippen LogP contribution in [0.3, 0.4) is 0 Å². The van der Waals surface area contributed by atoms with Gasteiger partial charge < -0.3 is 19.3 Å². The summed E-state index contributed by atoms with van der Waals surface area (Å²) in [5.74, 6) is -1.92. The van der Waals surface area contributed by atoms with Crippen molar-refractivity contribution in [1.29, 1.82) is 0 Å². The molecule has 0 N–H and O–H groups in total. The highest BCUT2D eigenvalue weighted by atomic mass is 35.5. The maximum atomic E-state index is 15.5. The third kappa shape index (κ3) is 5.29. The van der Waals surface area contributed by atoms with Gasteiger partial charge in [0, 0.05) is 37.1 Å². The molecule has 4 atom stereocenters. The smallest absolute Gasteiger partial charge is 0.351 e. The third-order valence-electron chi connectivity index (χ3n) is 8.47. The highest BCUT2D eigenvalue weighted by Crippen LogP contribution is 2.41. The first-order valence-electron chi connectivity index (χ1n) is 14.8. The number of aliphatic imine (C=N–C) groups is 1. The third-order valence-corrected chi connectivity index (χ3v) is 8.76. The number of ether oxygens (including phenoxy) is 2. The van der Waals surface area contributed by atoms with E-state index < -0.39 is 29.5 Å². The summed E-state index contributed by atoms with van der Waals surface area (Å²) in [6.07, 6.45) is 3.98. The zero-order chi connectivity index (χ0) is 32.2. The first kappa shape index (κ1) is 30.8. The Labute approximate surface area is 263 Å². The predicted molar refractivity (Wildman–Crippen MR) is 168 cm³/mol. The van der Waals surface area contributed by atoms with E-state index in [4.69, 9.17) is 26.1 Å². The molecule has 236 valence electrons. The van der Waals surface area contributed by atoms with Gasteiger partial charge in [0.1, 0.15) is 36.0 Å². The Balaban J connectivity index is 1.66. The van der Waals surface area contributed by atoms with Gasteiger partial charge in [-0.15, -0.1) is 0 Å². The number of pyridine rings is 1. The molecule has 0 spiro atoms. The average Bonchev–Trinajstić information content (AvgIpc) is 3.00. The van der Waals surface area contributed by atoms with E-state index in [1.807, 2.05) is 32.6 Å². The van der Waals surface area contributed by atoms with Gasteiger partial charge in [0.2, 0.25) is 5.91 Å². The molecule has 13 heteroatoms. The second-order valence-corrected chi connectivity index (χ2v) is 12.1. The molecular weight excluding hydrogens is 606 g/mol. The lowest BCUT2D eigenvalue weighted by Gasteiger charge is -2.44. The molecule has 2 bridgehead atoms. The molecule has 6 rings (SSSR count). The molecule has 2 aromatic heterocycles. The number of hydrogen-bond acceptors (Lipinski definition) is 8. The summed E-state index contributed by atoms with van der Waals surface area (Å²) in [6, 6.07) is 2.29. The normalized spacial score (nSPS) is 23.2. The minimum Gasteiger partial charge on any atom is -0.487 e. The van der Waals surface area contributed by atoms with Crippen LogP contribution in [0.4, 0.5) is 14.6 Å². The van der Waals surface area contributed by atoms with E-state index in [9.17, 15) is 9.59 Å². The average molecular weight is 639 g/mol. The number of carbonyl (C=O) groups is 1.